The molecule has 4 nitrogen and oxygen atoms in total. The molecule has 0 unspecified atom stereocenters. The molecule has 0 atom stereocenters. The maximum Gasteiger partial charge on any atom is 0.291 e. The van der Waals surface area contributed by atoms with Crippen molar-refractivity contribution in [1.82, 2.24) is 9.88 Å². The third kappa shape index (κ3) is 2.77. The van der Waals surface area contributed by atoms with Crippen LogP contribution in [-0.2, 0) is 19.4 Å². The molecule has 2 aromatic rings. The molecule has 0 aliphatic carbocycles. The van der Waals surface area contributed by atoms with Crippen LogP contribution in [-0.4, -0.2) is 28.6 Å². The lowest BCUT2D eigenvalue weighted by atomic mass is 9.99. The highest BCUT2D eigenvalue weighted by molar-refractivity contribution is 7.98. The van der Waals surface area contributed by atoms with E-state index in [1.165, 1.54) is 16.0 Å². The van der Waals surface area contributed by atoms with E-state index < -0.39 is 0 Å². The number of fused-ring (bicyclic) bond motifs is 1. The van der Waals surface area contributed by atoms with E-state index in [1.807, 2.05) is 18.7 Å². The SMILES string of the molecule is CCc1nc(C)c(C(=O)N2CCc3cc(SC)ccc3C2)o1. The number of aryl methyl sites for hydroxylation is 2. The molecule has 0 saturated carbocycles. The van der Waals surface area contributed by atoms with Crippen LogP contribution in [0.5, 0.6) is 0 Å². The Morgan fingerprint density at radius 1 is 1.41 bits per heavy atom. The summed E-state index contributed by atoms with van der Waals surface area (Å²) in [6.07, 6.45) is 3.68. The molecule has 0 bridgehead atoms. The molecule has 1 amide bonds. The van der Waals surface area contributed by atoms with Crippen LogP contribution in [0.4, 0.5) is 0 Å². The molecule has 1 aromatic heterocycles. The van der Waals surface area contributed by atoms with Crippen molar-refractivity contribution in [3.63, 3.8) is 0 Å². The van der Waals surface area contributed by atoms with E-state index in [0.717, 1.165) is 13.0 Å². The van der Waals surface area contributed by atoms with Gasteiger partial charge in [0, 0.05) is 24.4 Å². The normalized spacial score (nSPS) is 14.0. The number of carbonyl (C=O) groups excluding carboxylic acids is 1. The fourth-order valence-corrected chi connectivity index (χ4v) is 3.24. The molecule has 116 valence electrons. The number of oxazole rings is 1. The minimum Gasteiger partial charge on any atom is -0.435 e. The molecule has 5 heteroatoms. The molecule has 0 spiro atoms. The number of hydrogen-bond acceptors (Lipinski definition) is 4. The smallest absolute Gasteiger partial charge is 0.291 e. The third-order valence-electron chi connectivity index (χ3n) is 4.05. The Bertz CT molecular complexity index is 709. The van der Waals surface area contributed by atoms with E-state index in [-0.39, 0.29) is 5.91 Å². The van der Waals surface area contributed by atoms with Gasteiger partial charge < -0.3 is 9.32 Å². The van der Waals surface area contributed by atoms with Crippen molar-refractivity contribution in [2.24, 2.45) is 0 Å². The van der Waals surface area contributed by atoms with Gasteiger partial charge in [-0.25, -0.2) is 4.98 Å². The second kappa shape index (κ2) is 6.16. The van der Waals surface area contributed by atoms with Gasteiger partial charge in [-0.15, -0.1) is 11.8 Å². The summed E-state index contributed by atoms with van der Waals surface area (Å²) in [5, 5.41) is 0. The van der Waals surface area contributed by atoms with Crippen LogP contribution in [0.15, 0.2) is 27.5 Å². The zero-order valence-electron chi connectivity index (χ0n) is 13.2. The molecule has 0 saturated heterocycles. The lowest BCUT2D eigenvalue weighted by molar-refractivity contribution is 0.0699. The van der Waals surface area contributed by atoms with Gasteiger partial charge in [-0.3, -0.25) is 4.79 Å². The first kappa shape index (κ1) is 15.2. The van der Waals surface area contributed by atoms with E-state index in [9.17, 15) is 4.79 Å². The summed E-state index contributed by atoms with van der Waals surface area (Å²) in [7, 11) is 0. The molecule has 1 aromatic carbocycles. The van der Waals surface area contributed by atoms with Crippen LogP contribution in [0.2, 0.25) is 0 Å². The number of benzene rings is 1. The van der Waals surface area contributed by atoms with Gasteiger partial charge in [0.15, 0.2) is 5.89 Å². The van der Waals surface area contributed by atoms with Crippen molar-refractivity contribution >= 4 is 17.7 Å². The highest BCUT2D eigenvalue weighted by atomic mass is 32.2. The van der Waals surface area contributed by atoms with Crippen LogP contribution in [0.3, 0.4) is 0 Å². The summed E-state index contributed by atoms with van der Waals surface area (Å²) < 4.78 is 5.60. The predicted octanol–water partition coefficient (Wildman–Crippen LogP) is 3.47. The van der Waals surface area contributed by atoms with Gasteiger partial charge in [0.2, 0.25) is 5.76 Å². The van der Waals surface area contributed by atoms with Gasteiger partial charge in [0.1, 0.15) is 0 Å². The molecule has 2 heterocycles. The van der Waals surface area contributed by atoms with E-state index in [0.29, 0.717) is 30.3 Å². The fourth-order valence-electron chi connectivity index (χ4n) is 2.78. The first-order valence-electron chi connectivity index (χ1n) is 7.53. The number of nitrogens with zero attached hydrogens (tertiary/aromatic N) is 2. The molecular weight excluding hydrogens is 296 g/mol. The van der Waals surface area contributed by atoms with Crippen molar-refractivity contribution < 1.29 is 9.21 Å². The number of thioether (sulfide) groups is 1. The van der Waals surface area contributed by atoms with Gasteiger partial charge in [-0.2, -0.15) is 0 Å². The number of hydrogen-bond donors (Lipinski definition) is 0. The van der Waals surface area contributed by atoms with E-state index >= 15 is 0 Å². The summed E-state index contributed by atoms with van der Waals surface area (Å²) in [6, 6.07) is 6.48. The molecule has 3 rings (SSSR count). The van der Waals surface area contributed by atoms with Crippen molar-refractivity contribution in [3.05, 3.63) is 46.7 Å². The molecule has 1 aliphatic heterocycles. The van der Waals surface area contributed by atoms with Crippen LogP contribution in [0.1, 0.15) is 40.2 Å². The largest absolute Gasteiger partial charge is 0.435 e. The lowest BCUT2D eigenvalue weighted by Crippen LogP contribution is -2.36. The van der Waals surface area contributed by atoms with E-state index in [1.54, 1.807) is 11.8 Å². The maximum atomic E-state index is 12.7. The molecule has 0 radical (unpaired) electrons. The summed E-state index contributed by atoms with van der Waals surface area (Å²) >= 11 is 1.75. The minimum absolute atomic E-state index is 0.0516. The Kier molecular flexibility index (Phi) is 4.25. The van der Waals surface area contributed by atoms with Crippen molar-refractivity contribution in [2.75, 3.05) is 12.8 Å². The minimum atomic E-state index is -0.0516. The monoisotopic (exact) mass is 316 g/mol. The number of rotatable bonds is 3. The summed E-state index contributed by atoms with van der Waals surface area (Å²) in [6.45, 7) is 5.17. The predicted molar refractivity (Wildman–Crippen MR) is 87.3 cm³/mol. The summed E-state index contributed by atoms with van der Waals surface area (Å²) in [5.41, 5.74) is 3.26. The standard InChI is InChI=1S/C17H20N2O2S/c1-4-15-18-11(2)16(21-15)17(20)19-8-7-12-9-14(22-3)6-5-13(12)10-19/h5-6,9H,4,7-8,10H2,1-3H3. The number of carbonyl (C=O) groups is 1. The number of amides is 1. The Labute approximate surface area is 134 Å². The quantitative estimate of drug-likeness (QED) is 0.814. The average molecular weight is 316 g/mol. The zero-order chi connectivity index (χ0) is 15.7. The Morgan fingerprint density at radius 2 is 2.23 bits per heavy atom. The van der Waals surface area contributed by atoms with Gasteiger partial charge in [0.25, 0.3) is 5.91 Å². The average Bonchev–Trinajstić information content (AvgIpc) is 2.94. The molecule has 0 fully saturated rings. The van der Waals surface area contributed by atoms with E-state index in [2.05, 4.69) is 29.4 Å². The molecule has 0 N–H and O–H groups in total. The van der Waals surface area contributed by atoms with Crippen LogP contribution >= 0.6 is 11.8 Å². The van der Waals surface area contributed by atoms with Gasteiger partial charge in [-0.05, 0) is 42.9 Å². The Hall–Kier alpha value is -1.75. The second-order valence-corrected chi connectivity index (χ2v) is 6.37. The van der Waals surface area contributed by atoms with Crippen LogP contribution in [0, 0.1) is 6.92 Å². The van der Waals surface area contributed by atoms with Crippen LogP contribution in [0.25, 0.3) is 0 Å². The first-order valence-corrected chi connectivity index (χ1v) is 8.76. The van der Waals surface area contributed by atoms with Crippen molar-refractivity contribution in [3.8, 4) is 0 Å². The Balaban J connectivity index is 1.81. The van der Waals surface area contributed by atoms with Crippen molar-refractivity contribution in [1.29, 1.82) is 0 Å². The van der Waals surface area contributed by atoms with Gasteiger partial charge >= 0.3 is 0 Å². The highest BCUT2D eigenvalue weighted by Gasteiger charge is 2.26. The van der Waals surface area contributed by atoms with Crippen molar-refractivity contribution in [2.45, 2.75) is 38.1 Å². The third-order valence-corrected chi connectivity index (χ3v) is 4.78. The zero-order valence-corrected chi connectivity index (χ0v) is 14.0. The second-order valence-electron chi connectivity index (χ2n) is 5.49. The summed E-state index contributed by atoms with van der Waals surface area (Å²) in [4.78, 5) is 20.1. The van der Waals surface area contributed by atoms with E-state index in [4.69, 9.17) is 4.42 Å². The summed E-state index contributed by atoms with van der Waals surface area (Å²) in [5.74, 6) is 0.966. The fraction of sp³-hybridized carbons (Fsp3) is 0.412. The van der Waals surface area contributed by atoms with Crippen LogP contribution < -0.4 is 0 Å². The highest BCUT2D eigenvalue weighted by Crippen LogP contribution is 2.26. The number of aromatic nitrogens is 1. The Morgan fingerprint density at radius 3 is 2.91 bits per heavy atom. The topological polar surface area (TPSA) is 46.3 Å². The van der Waals surface area contributed by atoms with Gasteiger partial charge in [-0.1, -0.05) is 13.0 Å². The molecule has 22 heavy (non-hydrogen) atoms. The maximum absolute atomic E-state index is 12.7. The molecule has 1 aliphatic rings. The lowest BCUT2D eigenvalue weighted by Gasteiger charge is -2.28. The first-order chi connectivity index (χ1) is 10.6. The van der Waals surface area contributed by atoms with Gasteiger partial charge in [0.05, 0.1) is 5.69 Å². The molecular formula is C17H20N2O2S.